The van der Waals surface area contributed by atoms with Gasteiger partial charge in [-0.1, -0.05) is 31.5 Å². The molecule has 2 amide bonds. The second-order valence-electron chi connectivity index (χ2n) is 6.78. The molecule has 0 aliphatic carbocycles. The van der Waals surface area contributed by atoms with Crippen LogP contribution < -0.4 is 0 Å². The van der Waals surface area contributed by atoms with Gasteiger partial charge in [0.25, 0.3) is 10.0 Å². The molecule has 1 unspecified atom stereocenters. The van der Waals surface area contributed by atoms with Gasteiger partial charge in [0.1, 0.15) is 0 Å². The van der Waals surface area contributed by atoms with Crippen LogP contribution in [0.2, 0.25) is 0 Å². The number of benzene rings is 1. The Balaban J connectivity index is 1.89. The number of carbonyl (C=O) groups excluding carboxylic acids is 1. The van der Waals surface area contributed by atoms with Crippen molar-refractivity contribution >= 4 is 16.1 Å². The van der Waals surface area contributed by atoms with Gasteiger partial charge in [-0.25, -0.2) is 17.5 Å². The van der Waals surface area contributed by atoms with Crippen LogP contribution in [-0.2, 0) is 10.0 Å². The summed E-state index contributed by atoms with van der Waals surface area (Å²) < 4.78 is 26.3. The summed E-state index contributed by atoms with van der Waals surface area (Å²) in [6, 6.07) is 6.24. The normalized spacial score (nSPS) is 24.5. The Kier molecular flexibility index (Phi) is 3.06. The first-order valence-corrected chi connectivity index (χ1v) is 8.55. The zero-order valence-corrected chi connectivity index (χ0v) is 13.4. The number of hydrogen-bond donors (Lipinski definition) is 0. The molecule has 0 aromatic heterocycles. The van der Waals surface area contributed by atoms with E-state index in [4.69, 9.17) is 0 Å². The molecular formula is C15H20N2O3S. The van der Waals surface area contributed by atoms with E-state index in [-0.39, 0.29) is 28.9 Å². The van der Waals surface area contributed by atoms with Crippen LogP contribution >= 0.6 is 0 Å². The molecular weight excluding hydrogens is 288 g/mol. The topological polar surface area (TPSA) is 57.7 Å². The molecule has 2 fully saturated rings. The van der Waals surface area contributed by atoms with E-state index in [1.54, 1.807) is 29.2 Å². The number of sulfonamides is 1. The van der Waals surface area contributed by atoms with Gasteiger partial charge in [0.2, 0.25) is 0 Å². The highest BCUT2D eigenvalue weighted by Gasteiger charge is 2.50. The van der Waals surface area contributed by atoms with Gasteiger partial charge in [0, 0.05) is 6.54 Å². The number of amides is 2. The molecule has 0 bridgehead atoms. The van der Waals surface area contributed by atoms with E-state index in [2.05, 4.69) is 13.8 Å². The number of fused-ring (bicyclic) bond motifs is 1. The number of aryl methyl sites for hydroxylation is 1. The van der Waals surface area contributed by atoms with E-state index in [1.807, 2.05) is 6.92 Å². The molecule has 2 aliphatic rings. The van der Waals surface area contributed by atoms with E-state index in [9.17, 15) is 13.2 Å². The van der Waals surface area contributed by atoms with Crippen molar-refractivity contribution in [1.29, 1.82) is 0 Å². The SMILES string of the molecule is Cc1ccc(S(=O)(=O)N2CC3CC(C)(C)CN3C2=O)cc1. The first kappa shape index (κ1) is 14.4. The number of hydrogen-bond acceptors (Lipinski definition) is 3. The van der Waals surface area contributed by atoms with Crippen LogP contribution in [0.3, 0.4) is 0 Å². The molecule has 2 aliphatic heterocycles. The minimum atomic E-state index is -3.74. The van der Waals surface area contributed by atoms with Crippen LogP contribution in [0.4, 0.5) is 4.79 Å². The molecule has 5 nitrogen and oxygen atoms in total. The van der Waals surface area contributed by atoms with E-state index in [0.717, 1.165) is 16.3 Å². The van der Waals surface area contributed by atoms with Gasteiger partial charge >= 0.3 is 6.03 Å². The zero-order chi connectivity index (χ0) is 15.4. The number of carbonyl (C=O) groups is 1. The molecule has 1 atom stereocenters. The van der Waals surface area contributed by atoms with E-state index in [0.29, 0.717) is 6.54 Å². The Labute approximate surface area is 125 Å². The fourth-order valence-corrected chi connectivity index (χ4v) is 4.65. The fraction of sp³-hybridized carbons (Fsp3) is 0.533. The lowest BCUT2D eigenvalue weighted by atomic mass is 9.90. The van der Waals surface area contributed by atoms with Crippen molar-refractivity contribution in [2.24, 2.45) is 5.41 Å². The van der Waals surface area contributed by atoms with Gasteiger partial charge < -0.3 is 4.90 Å². The maximum atomic E-state index is 12.6. The summed E-state index contributed by atoms with van der Waals surface area (Å²) in [5.74, 6) is 0. The first-order chi connectivity index (χ1) is 9.71. The van der Waals surface area contributed by atoms with E-state index >= 15 is 0 Å². The highest BCUT2D eigenvalue weighted by atomic mass is 32.2. The summed E-state index contributed by atoms with van der Waals surface area (Å²) in [6.45, 7) is 7.00. The number of urea groups is 1. The lowest BCUT2D eigenvalue weighted by Gasteiger charge is -2.22. The molecule has 21 heavy (non-hydrogen) atoms. The van der Waals surface area contributed by atoms with Crippen molar-refractivity contribution < 1.29 is 13.2 Å². The Morgan fingerprint density at radius 2 is 1.81 bits per heavy atom. The van der Waals surface area contributed by atoms with Gasteiger partial charge in [-0.05, 0) is 30.9 Å². The Morgan fingerprint density at radius 1 is 1.19 bits per heavy atom. The second kappa shape index (κ2) is 4.47. The molecule has 1 aromatic carbocycles. The molecule has 0 spiro atoms. The van der Waals surface area contributed by atoms with Crippen molar-refractivity contribution in [2.45, 2.75) is 38.1 Å². The van der Waals surface area contributed by atoms with Crippen LogP contribution in [0.1, 0.15) is 25.8 Å². The van der Waals surface area contributed by atoms with Crippen molar-refractivity contribution in [3.8, 4) is 0 Å². The average Bonchev–Trinajstić information content (AvgIpc) is 2.84. The second-order valence-corrected chi connectivity index (χ2v) is 8.64. The monoisotopic (exact) mass is 308 g/mol. The predicted octanol–water partition coefficient (Wildman–Crippen LogP) is 2.22. The third-order valence-corrected chi connectivity index (χ3v) is 6.03. The molecule has 1 aromatic rings. The van der Waals surface area contributed by atoms with E-state index < -0.39 is 10.0 Å². The predicted molar refractivity (Wildman–Crippen MR) is 79.4 cm³/mol. The largest absolute Gasteiger partial charge is 0.334 e. The average molecular weight is 308 g/mol. The maximum Gasteiger partial charge on any atom is 0.334 e. The van der Waals surface area contributed by atoms with Crippen molar-refractivity contribution in [3.05, 3.63) is 29.8 Å². The lowest BCUT2D eigenvalue weighted by molar-refractivity contribution is 0.201. The van der Waals surface area contributed by atoms with Gasteiger partial charge in [0.15, 0.2) is 0 Å². The molecule has 2 saturated heterocycles. The highest BCUT2D eigenvalue weighted by Crippen LogP contribution is 2.39. The molecule has 0 saturated carbocycles. The first-order valence-electron chi connectivity index (χ1n) is 7.11. The van der Waals surface area contributed by atoms with Gasteiger partial charge in [-0.3, -0.25) is 0 Å². The van der Waals surface area contributed by atoms with Crippen LogP contribution in [0.15, 0.2) is 29.2 Å². The molecule has 0 radical (unpaired) electrons. The molecule has 3 rings (SSSR count). The van der Waals surface area contributed by atoms with Crippen LogP contribution in [0.25, 0.3) is 0 Å². The smallest absolute Gasteiger partial charge is 0.318 e. The van der Waals surface area contributed by atoms with Crippen LogP contribution in [0.5, 0.6) is 0 Å². The molecule has 2 heterocycles. The number of nitrogens with zero attached hydrogens (tertiary/aromatic N) is 2. The maximum absolute atomic E-state index is 12.6. The third-order valence-electron chi connectivity index (χ3n) is 4.27. The van der Waals surface area contributed by atoms with Crippen molar-refractivity contribution in [1.82, 2.24) is 9.21 Å². The Morgan fingerprint density at radius 3 is 2.38 bits per heavy atom. The summed E-state index contributed by atoms with van der Waals surface area (Å²) in [5, 5.41) is 0. The van der Waals surface area contributed by atoms with Gasteiger partial charge in [-0.15, -0.1) is 0 Å². The number of rotatable bonds is 2. The summed E-state index contributed by atoms with van der Waals surface area (Å²) in [5.41, 5.74) is 1.06. The lowest BCUT2D eigenvalue weighted by Crippen LogP contribution is -2.37. The summed E-state index contributed by atoms with van der Waals surface area (Å²) in [7, 11) is -3.74. The molecule has 0 N–H and O–H groups in total. The highest BCUT2D eigenvalue weighted by molar-refractivity contribution is 7.89. The van der Waals surface area contributed by atoms with Crippen molar-refractivity contribution in [3.63, 3.8) is 0 Å². The van der Waals surface area contributed by atoms with E-state index in [1.165, 1.54) is 0 Å². The Hall–Kier alpha value is -1.56. The van der Waals surface area contributed by atoms with Gasteiger partial charge in [0.05, 0.1) is 17.5 Å². The molecule has 114 valence electrons. The van der Waals surface area contributed by atoms with Gasteiger partial charge in [-0.2, -0.15) is 0 Å². The fourth-order valence-electron chi connectivity index (χ4n) is 3.24. The minimum Gasteiger partial charge on any atom is -0.318 e. The van der Waals surface area contributed by atoms with Crippen molar-refractivity contribution in [2.75, 3.05) is 13.1 Å². The zero-order valence-electron chi connectivity index (χ0n) is 12.5. The Bertz CT molecular complexity index is 679. The minimum absolute atomic E-state index is 0.00715. The quantitative estimate of drug-likeness (QED) is 0.842. The summed E-state index contributed by atoms with van der Waals surface area (Å²) in [4.78, 5) is 14.3. The van der Waals surface area contributed by atoms with Crippen LogP contribution in [-0.4, -0.2) is 42.8 Å². The summed E-state index contributed by atoms with van der Waals surface area (Å²) >= 11 is 0. The third kappa shape index (κ3) is 2.31. The summed E-state index contributed by atoms with van der Waals surface area (Å²) in [6.07, 6.45) is 0.846. The van der Waals surface area contributed by atoms with Crippen LogP contribution in [0, 0.1) is 12.3 Å². The molecule has 6 heteroatoms. The standard InChI is InChI=1S/C15H20N2O3S/c1-11-4-6-13(7-5-11)21(19,20)17-9-12-8-15(2,3)10-16(12)14(17)18/h4-7,12H,8-10H2,1-3H3.